The number of benzene rings is 1. The molecule has 2 amide bonds. The van der Waals surface area contributed by atoms with E-state index in [9.17, 15) is 18.0 Å². The summed E-state index contributed by atoms with van der Waals surface area (Å²) in [5.41, 5.74) is 1.56. The van der Waals surface area contributed by atoms with Crippen molar-refractivity contribution in [3.8, 4) is 0 Å². The number of fused-ring (bicyclic) bond motifs is 1. The molecule has 7 nitrogen and oxygen atoms in total. The van der Waals surface area contributed by atoms with Crippen LogP contribution < -0.4 is 15.4 Å². The van der Waals surface area contributed by atoms with Gasteiger partial charge in [-0.15, -0.1) is 0 Å². The Kier molecular flexibility index (Phi) is 7.52. The van der Waals surface area contributed by atoms with E-state index >= 15 is 0 Å². The van der Waals surface area contributed by atoms with Crippen LogP contribution in [-0.2, 0) is 26.0 Å². The third-order valence-corrected chi connectivity index (χ3v) is 7.71. The lowest BCUT2D eigenvalue weighted by Crippen LogP contribution is -2.39. The first-order valence-electron chi connectivity index (χ1n) is 11.0. The zero-order valence-electron chi connectivity index (χ0n) is 17.9. The summed E-state index contributed by atoms with van der Waals surface area (Å²) in [6.07, 6.45) is 6.05. The molecule has 1 unspecified atom stereocenters. The Morgan fingerprint density at radius 2 is 1.93 bits per heavy atom. The van der Waals surface area contributed by atoms with Crippen LogP contribution in [0.5, 0.6) is 0 Å². The molecule has 3 N–H and O–H groups in total. The quantitative estimate of drug-likeness (QED) is 0.612. The van der Waals surface area contributed by atoms with Crippen LogP contribution >= 0.6 is 0 Å². The second kappa shape index (κ2) is 9.92. The minimum absolute atomic E-state index is 0.0316. The van der Waals surface area contributed by atoms with E-state index in [1.54, 1.807) is 18.2 Å². The van der Waals surface area contributed by atoms with Crippen molar-refractivity contribution in [2.24, 2.45) is 11.8 Å². The molecule has 8 heteroatoms. The van der Waals surface area contributed by atoms with Crippen LogP contribution in [-0.4, -0.2) is 32.8 Å². The lowest BCUT2D eigenvalue weighted by atomic mass is 9.81. The van der Waals surface area contributed by atoms with E-state index in [0.29, 0.717) is 31.5 Å². The van der Waals surface area contributed by atoms with Gasteiger partial charge < -0.3 is 10.6 Å². The van der Waals surface area contributed by atoms with Crippen LogP contribution in [0, 0.1) is 11.8 Å². The third kappa shape index (κ3) is 5.82. The zero-order valence-corrected chi connectivity index (χ0v) is 18.7. The maximum atomic E-state index is 12.8. The van der Waals surface area contributed by atoms with Crippen molar-refractivity contribution < 1.29 is 18.0 Å². The fourth-order valence-electron chi connectivity index (χ4n) is 4.12. The Morgan fingerprint density at radius 1 is 1.20 bits per heavy atom. The Hall–Kier alpha value is -1.93. The molecule has 0 radical (unpaired) electrons. The molecule has 1 aromatic carbocycles. The maximum absolute atomic E-state index is 12.8. The SMILES string of the molecule is CCC(C)NC(=O)C1CCC(CNS(=O)(=O)c2ccc3c(c2)CCCC(=O)N3)CC1. The summed E-state index contributed by atoms with van der Waals surface area (Å²) in [4.78, 5) is 24.2. The first-order valence-corrected chi connectivity index (χ1v) is 12.5. The van der Waals surface area contributed by atoms with E-state index in [0.717, 1.165) is 37.7 Å². The fourth-order valence-corrected chi connectivity index (χ4v) is 5.29. The molecule has 1 aliphatic heterocycles. The van der Waals surface area contributed by atoms with Crippen LogP contribution in [0.4, 0.5) is 5.69 Å². The molecule has 0 saturated heterocycles. The highest BCUT2D eigenvalue weighted by Crippen LogP contribution is 2.29. The number of sulfonamides is 1. The van der Waals surface area contributed by atoms with Crippen molar-refractivity contribution in [2.75, 3.05) is 11.9 Å². The smallest absolute Gasteiger partial charge is 0.240 e. The van der Waals surface area contributed by atoms with E-state index in [1.807, 2.05) is 13.8 Å². The molecule has 1 fully saturated rings. The topological polar surface area (TPSA) is 104 Å². The Labute approximate surface area is 179 Å². The van der Waals surface area contributed by atoms with Gasteiger partial charge in [0.2, 0.25) is 21.8 Å². The molecule has 1 saturated carbocycles. The normalized spacial score (nSPS) is 23.1. The first-order chi connectivity index (χ1) is 14.3. The number of hydrogen-bond donors (Lipinski definition) is 3. The maximum Gasteiger partial charge on any atom is 0.240 e. The highest BCUT2D eigenvalue weighted by molar-refractivity contribution is 7.89. The highest BCUT2D eigenvalue weighted by Gasteiger charge is 2.28. The van der Waals surface area contributed by atoms with Crippen molar-refractivity contribution >= 4 is 27.5 Å². The van der Waals surface area contributed by atoms with Crippen molar-refractivity contribution in [1.82, 2.24) is 10.0 Å². The van der Waals surface area contributed by atoms with Gasteiger partial charge in [0.15, 0.2) is 0 Å². The Balaban J connectivity index is 1.53. The molecule has 2 aliphatic rings. The van der Waals surface area contributed by atoms with Gasteiger partial charge in [-0.05, 0) is 81.5 Å². The minimum atomic E-state index is -3.61. The van der Waals surface area contributed by atoms with Crippen molar-refractivity contribution in [3.05, 3.63) is 23.8 Å². The van der Waals surface area contributed by atoms with Gasteiger partial charge in [-0.25, -0.2) is 13.1 Å². The van der Waals surface area contributed by atoms with E-state index in [-0.39, 0.29) is 34.6 Å². The summed E-state index contributed by atoms with van der Waals surface area (Å²) in [5, 5.41) is 5.87. The van der Waals surface area contributed by atoms with E-state index in [4.69, 9.17) is 0 Å². The van der Waals surface area contributed by atoms with Crippen LogP contribution in [0.15, 0.2) is 23.1 Å². The van der Waals surface area contributed by atoms with E-state index in [2.05, 4.69) is 15.4 Å². The van der Waals surface area contributed by atoms with Gasteiger partial charge >= 0.3 is 0 Å². The van der Waals surface area contributed by atoms with Gasteiger partial charge in [0.25, 0.3) is 0 Å². The van der Waals surface area contributed by atoms with Crippen molar-refractivity contribution in [1.29, 1.82) is 0 Å². The van der Waals surface area contributed by atoms with Gasteiger partial charge in [0.1, 0.15) is 0 Å². The molecule has 1 aromatic rings. The molecule has 30 heavy (non-hydrogen) atoms. The lowest BCUT2D eigenvalue weighted by Gasteiger charge is -2.28. The van der Waals surface area contributed by atoms with Crippen molar-refractivity contribution in [2.45, 2.75) is 76.2 Å². The Morgan fingerprint density at radius 3 is 2.63 bits per heavy atom. The van der Waals surface area contributed by atoms with Crippen LogP contribution in [0.2, 0.25) is 0 Å². The average molecular weight is 436 g/mol. The van der Waals surface area contributed by atoms with Crippen LogP contribution in [0.3, 0.4) is 0 Å². The summed E-state index contributed by atoms with van der Waals surface area (Å²) in [6.45, 7) is 4.44. The largest absolute Gasteiger partial charge is 0.353 e. The monoisotopic (exact) mass is 435 g/mol. The summed E-state index contributed by atoms with van der Waals surface area (Å²) in [7, 11) is -3.61. The minimum Gasteiger partial charge on any atom is -0.353 e. The molecular formula is C22H33N3O4S. The van der Waals surface area contributed by atoms with Crippen LogP contribution in [0.1, 0.15) is 64.4 Å². The van der Waals surface area contributed by atoms with Gasteiger partial charge in [0, 0.05) is 30.6 Å². The number of amides is 2. The van der Waals surface area contributed by atoms with E-state index in [1.165, 1.54) is 0 Å². The third-order valence-electron chi connectivity index (χ3n) is 6.29. The van der Waals surface area contributed by atoms with Gasteiger partial charge in [0.05, 0.1) is 4.90 Å². The fraction of sp³-hybridized carbons (Fsp3) is 0.636. The van der Waals surface area contributed by atoms with Gasteiger partial charge in [-0.3, -0.25) is 9.59 Å². The standard InChI is InChI=1S/C22H33N3O4S/c1-3-15(2)24-22(27)17-9-7-16(8-10-17)14-23-30(28,29)19-11-12-20-18(13-19)5-4-6-21(26)25-20/h11-13,15-17,23H,3-10,14H2,1-2H3,(H,24,27)(H,25,26). The molecule has 1 atom stereocenters. The molecule has 3 rings (SSSR count). The predicted octanol–water partition coefficient (Wildman–Crippen LogP) is 2.96. The number of aryl methyl sites for hydroxylation is 1. The molecule has 0 bridgehead atoms. The summed E-state index contributed by atoms with van der Waals surface area (Å²) in [5.74, 6) is 0.371. The highest BCUT2D eigenvalue weighted by atomic mass is 32.2. The number of carbonyl (C=O) groups is 2. The zero-order chi connectivity index (χ0) is 21.7. The first kappa shape index (κ1) is 22.7. The second-order valence-electron chi connectivity index (χ2n) is 8.61. The molecule has 1 heterocycles. The predicted molar refractivity (Wildman–Crippen MR) is 117 cm³/mol. The van der Waals surface area contributed by atoms with Gasteiger partial charge in [-0.1, -0.05) is 6.92 Å². The molecule has 1 aliphatic carbocycles. The van der Waals surface area contributed by atoms with Crippen LogP contribution in [0.25, 0.3) is 0 Å². The number of nitrogens with one attached hydrogen (secondary N) is 3. The number of hydrogen-bond acceptors (Lipinski definition) is 4. The molecule has 0 spiro atoms. The summed E-state index contributed by atoms with van der Waals surface area (Å²) in [6, 6.07) is 5.08. The second-order valence-corrected chi connectivity index (χ2v) is 10.4. The molecule has 166 valence electrons. The average Bonchev–Trinajstić information content (AvgIpc) is 2.92. The van der Waals surface area contributed by atoms with Gasteiger partial charge in [-0.2, -0.15) is 0 Å². The Bertz CT molecular complexity index is 876. The molecular weight excluding hydrogens is 402 g/mol. The number of anilines is 1. The van der Waals surface area contributed by atoms with Crippen molar-refractivity contribution in [3.63, 3.8) is 0 Å². The lowest BCUT2D eigenvalue weighted by molar-refractivity contribution is -0.126. The number of carbonyl (C=O) groups excluding carboxylic acids is 2. The molecule has 0 aromatic heterocycles. The van der Waals surface area contributed by atoms with E-state index < -0.39 is 10.0 Å². The summed E-state index contributed by atoms with van der Waals surface area (Å²) >= 11 is 0. The number of rotatable bonds is 7. The summed E-state index contributed by atoms with van der Waals surface area (Å²) < 4.78 is 28.3.